The average Bonchev–Trinajstić information content (AvgIpc) is 2.85. The van der Waals surface area contributed by atoms with E-state index in [1.165, 1.54) is 57.3 Å². The first-order valence-corrected chi connectivity index (χ1v) is 7.74. The molecule has 0 saturated carbocycles. The number of anilines is 1. The normalized spacial score (nSPS) is 18.8. The van der Waals surface area contributed by atoms with Crippen LogP contribution in [0.1, 0.15) is 45.1 Å². The van der Waals surface area contributed by atoms with Crippen molar-refractivity contribution in [3.05, 3.63) is 29.8 Å². The minimum atomic E-state index is 0.612. The van der Waals surface area contributed by atoms with Crippen LogP contribution in [0, 0.1) is 5.41 Å². The molecule has 2 N–H and O–H groups in total. The topological polar surface area (TPSA) is 29.3 Å². The van der Waals surface area contributed by atoms with E-state index in [0.29, 0.717) is 5.41 Å². The highest BCUT2D eigenvalue weighted by molar-refractivity contribution is 5.39. The second kappa shape index (κ2) is 6.42. The van der Waals surface area contributed by atoms with Crippen molar-refractivity contribution >= 4 is 5.69 Å². The van der Waals surface area contributed by atoms with Crippen LogP contribution in [0.3, 0.4) is 0 Å². The van der Waals surface area contributed by atoms with Crippen LogP contribution in [0.2, 0.25) is 0 Å². The van der Waals surface area contributed by atoms with Gasteiger partial charge >= 0.3 is 0 Å². The van der Waals surface area contributed by atoms with Crippen LogP contribution in [0.25, 0.3) is 0 Å². The lowest BCUT2D eigenvalue weighted by Gasteiger charge is -2.26. The lowest BCUT2D eigenvalue weighted by molar-refractivity contribution is 0.239. The van der Waals surface area contributed by atoms with Crippen molar-refractivity contribution < 1.29 is 0 Å². The minimum Gasteiger partial charge on any atom is -0.399 e. The summed E-state index contributed by atoms with van der Waals surface area (Å²) in [5.41, 5.74) is 8.59. The largest absolute Gasteiger partial charge is 0.399 e. The second-order valence-corrected chi connectivity index (χ2v) is 6.08. The molecule has 0 amide bonds. The van der Waals surface area contributed by atoms with Gasteiger partial charge in [0.1, 0.15) is 0 Å². The van der Waals surface area contributed by atoms with Gasteiger partial charge in [-0.1, -0.05) is 26.0 Å². The van der Waals surface area contributed by atoms with Crippen molar-refractivity contribution in [3.63, 3.8) is 0 Å². The molecule has 1 aliphatic heterocycles. The maximum Gasteiger partial charge on any atom is 0.0314 e. The number of rotatable bonds is 6. The van der Waals surface area contributed by atoms with Crippen molar-refractivity contribution in [3.8, 4) is 0 Å². The van der Waals surface area contributed by atoms with E-state index in [2.05, 4.69) is 30.9 Å². The van der Waals surface area contributed by atoms with Gasteiger partial charge in [0.15, 0.2) is 0 Å². The molecule has 1 aliphatic rings. The Labute approximate surface area is 118 Å². The number of nitrogens with zero attached hydrogens (tertiary/aromatic N) is 1. The van der Waals surface area contributed by atoms with Crippen LogP contribution in [0.5, 0.6) is 0 Å². The quantitative estimate of drug-likeness (QED) is 0.790. The summed E-state index contributed by atoms with van der Waals surface area (Å²) in [6.45, 7) is 8.54. The van der Waals surface area contributed by atoms with Gasteiger partial charge in [-0.25, -0.2) is 0 Å². The Morgan fingerprint density at radius 2 is 1.84 bits per heavy atom. The fraction of sp³-hybridized carbons (Fsp3) is 0.647. The molecule has 0 spiro atoms. The van der Waals surface area contributed by atoms with E-state index in [0.717, 1.165) is 5.69 Å². The van der Waals surface area contributed by atoms with Crippen LogP contribution < -0.4 is 5.73 Å². The number of hydrogen-bond donors (Lipinski definition) is 1. The molecular weight excluding hydrogens is 232 g/mol. The molecule has 1 aromatic carbocycles. The minimum absolute atomic E-state index is 0.612. The van der Waals surface area contributed by atoms with Crippen LogP contribution in [0.4, 0.5) is 5.69 Å². The van der Waals surface area contributed by atoms with Gasteiger partial charge in [-0.05, 0) is 68.3 Å². The summed E-state index contributed by atoms with van der Waals surface area (Å²) >= 11 is 0. The average molecular weight is 260 g/mol. The molecule has 0 radical (unpaired) electrons. The molecule has 0 unspecified atom stereocenters. The number of benzene rings is 1. The molecule has 0 atom stereocenters. The zero-order valence-electron chi connectivity index (χ0n) is 12.5. The molecule has 1 saturated heterocycles. The molecule has 0 aromatic heterocycles. The van der Waals surface area contributed by atoms with Crippen molar-refractivity contribution in [2.45, 2.75) is 46.0 Å². The molecule has 2 nitrogen and oxygen atoms in total. The highest BCUT2D eigenvalue weighted by Crippen LogP contribution is 2.36. The first-order chi connectivity index (χ1) is 9.17. The maximum atomic E-state index is 5.71. The Balaban J connectivity index is 1.74. The lowest BCUT2D eigenvalue weighted by Crippen LogP contribution is -2.27. The molecule has 19 heavy (non-hydrogen) atoms. The fourth-order valence-electron chi connectivity index (χ4n) is 3.24. The van der Waals surface area contributed by atoms with Crippen molar-refractivity contribution in [1.29, 1.82) is 0 Å². The fourth-order valence-corrected chi connectivity index (χ4v) is 3.24. The van der Waals surface area contributed by atoms with Gasteiger partial charge in [0.2, 0.25) is 0 Å². The monoisotopic (exact) mass is 260 g/mol. The van der Waals surface area contributed by atoms with Gasteiger partial charge in [-0.2, -0.15) is 0 Å². The summed E-state index contributed by atoms with van der Waals surface area (Å²) in [4.78, 5) is 2.66. The first-order valence-electron chi connectivity index (χ1n) is 7.74. The van der Waals surface area contributed by atoms with E-state index >= 15 is 0 Å². The van der Waals surface area contributed by atoms with Gasteiger partial charge in [-0.15, -0.1) is 0 Å². The molecule has 2 rings (SSSR count). The number of hydrogen-bond acceptors (Lipinski definition) is 2. The van der Waals surface area contributed by atoms with Crippen LogP contribution in [0.15, 0.2) is 24.3 Å². The van der Waals surface area contributed by atoms with Crippen LogP contribution in [-0.2, 0) is 6.42 Å². The van der Waals surface area contributed by atoms with Crippen molar-refractivity contribution in [1.82, 2.24) is 4.90 Å². The predicted molar refractivity (Wildman–Crippen MR) is 83.2 cm³/mol. The predicted octanol–water partition coefficient (Wildman–Crippen LogP) is 3.71. The Kier molecular flexibility index (Phi) is 4.87. The van der Waals surface area contributed by atoms with Crippen molar-refractivity contribution in [2.75, 3.05) is 25.4 Å². The Morgan fingerprint density at radius 1 is 1.16 bits per heavy atom. The Hall–Kier alpha value is -1.02. The number of nitrogen functional groups attached to an aromatic ring is 1. The van der Waals surface area contributed by atoms with E-state index in [4.69, 9.17) is 5.73 Å². The Bertz CT molecular complexity index is 379. The molecular formula is C17H28N2. The summed E-state index contributed by atoms with van der Waals surface area (Å²) in [7, 11) is 0. The zero-order chi connectivity index (χ0) is 13.7. The summed E-state index contributed by atoms with van der Waals surface area (Å²) in [6, 6.07) is 8.32. The van der Waals surface area contributed by atoms with E-state index in [1.54, 1.807) is 0 Å². The number of aryl methyl sites for hydroxylation is 1. The summed E-state index contributed by atoms with van der Waals surface area (Å²) < 4.78 is 0. The van der Waals surface area contributed by atoms with Crippen LogP contribution >= 0.6 is 0 Å². The molecule has 1 heterocycles. The maximum absolute atomic E-state index is 5.71. The molecule has 0 aliphatic carbocycles. The smallest absolute Gasteiger partial charge is 0.0314 e. The lowest BCUT2D eigenvalue weighted by atomic mass is 9.82. The number of likely N-dealkylation sites (tertiary alicyclic amines) is 1. The van der Waals surface area contributed by atoms with Crippen LogP contribution in [-0.4, -0.2) is 24.5 Å². The highest BCUT2D eigenvalue weighted by Gasteiger charge is 2.34. The van der Waals surface area contributed by atoms with Gasteiger partial charge in [0.25, 0.3) is 0 Å². The van der Waals surface area contributed by atoms with Gasteiger partial charge < -0.3 is 10.6 Å². The Morgan fingerprint density at radius 3 is 2.42 bits per heavy atom. The van der Waals surface area contributed by atoms with Crippen molar-refractivity contribution in [2.24, 2.45) is 5.41 Å². The highest BCUT2D eigenvalue weighted by atomic mass is 15.2. The van der Waals surface area contributed by atoms with Gasteiger partial charge in [0, 0.05) is 12.2 Å². The third kappa shape index (κ3) is 3.73. The third-order valence-electron chi connectivity index (χ3n) is 4.94. The number of nitrogens with two attached hydrogens (primary N) is 1. The first kappa shape index (κ1) is 14.4. The third-order valence-corrected chi connectivity index (χ3v) is 4.94. The van der Waals surface area contributed by atoms with E-state index in [9.17, 15) is 0 Å². The molecule has 0 bridgehead atoms. The second-order valence-electron chi connectivity index (χ2n) is 6.08. The summed E-state index contributed by atoms with van der Waals surface area (Å²) in [6.07, 6.45) is 6.48. The molecule has 2 heteroatoms. The molecule has 1 fully saturated rings. The molecule has 106 valence electrons. The van der Waals surface area contributed by atoms with Gasteiger partial charge in [-0.3, -0.25) is 0 Å². The van der Waals surface area contributed by atoms with E-state index < -0.39 is 0 Å². The van der Waals surface area contributed by atoms with E-state index in [-0.39, 0.29) is 0 Å². The summed E-state index contributed by atoms with van der Waals surface area (Å²) in [5.74, 6) is 0. The molecule has 1 aromatic rings. The van der Waals surface area contributed by atoms with Gasteiger partial charge in [0.05, 0.1) is 0 Å². The zero-order valence-corrected chi connectivity index (χ0v) is 12.5. The standard InChI is InChI=1S/C17H28N2/c1-3-17(4-2)11-13-19(14-17)12-5-6-15-7-9-16(18)10-8-15/h7-10H,3-6,11-14,18H2,1-2H3. The summed E-state index contributed by atoms with van der Waals surface area (Å²) in [5, 5.41) is 0. The SMILES string of the molecule is CCC1(CC)CCN(CCCc2ccc(N)cc2)C1. The van der Waals surface area contributed by atoms with E-state index in [1.807, 2.05) is 12.1 Å².